The van der Waals surface area contributed by atoms with Gasteiger partial charge in [0.2, 0.25) is 0 Å². The number of hydrogen-bond acceptors (Lipinski definition) is 5. The van der Waals surface area contributed by atoms with Gasteiger partial charge in [0.05, 0.1) is 23.6 Å². The van der Waals surface area contributed by atoms with E-state index in [9.17, 15) is 9.90 Å². The standard InChI is InChI=1S/C12H17N3O3/c1-7(16)8-2-3-15(6-8)10-5-14-11(13)4-9(10)12(17)18/h4-5,7-8,16H,2-3,6H2,1H3,(H2,13,14)(H,17,18). The summed E-state index contributed by atoms with van der Waals surface area (Å²) in [6, 6.07) is 1.37. The van der Waals surface area contributed by atoms with Gasteiger partial charge < -0.3 is 20.8 Å². The molecule has 1 saturated heterocycles. The predicted octanol–water partition coefficient (Wildman–Crippen LogP) is 0.569. The van der Waals surface area contributed by atoms with Crippen LogP contribution in [-0.2, 0) is 0 Å². The fraction of sp³-hybridized carbons (Fsp3) is 0.500. The van der Waals surface area contributed by atoms with Crippen molar-refractivity contribution < 1.29 is 15.0 Å². The highest BCUT2D eigenvalue weighted by Gasteiger charge is 2.28. The van der Waals surface area contributed by atoms with Crippen molar-refractivity contribution >= 4 is 17.5 Å². The van der Waals surface area contributed by atoms with Crippen LogP contribution in [0.2, 0.25) is 0 Å². The third-order valence-electron chi connectivity index (χ3n) is 3.38. The Bertz CT molecular complexity index is 462. The van der Waals surface area contributed by atoms with Crippen LogP contribution in [0.25, 0.3) is 0 Å². The fourth-order valence-corrected chi connectivity index (χ4v) is 2.29. The average molecular weight is 251 g/mol. The first-order chi connectivity index (χ1) is 8.49. The zero-order valence-corrected chi connectivity index (χ0v) is 10.2. The summed E-state index contributed by atoms with van der Waals surface area (Å²) in [5, 5.41) is 18.7. The Morgan fingerprint density at radius 1 is 1.67 bits per heavy atom. The summed E-state index contributed by atoms with van der Waals surface area (Å²) in [6.45, 7) is 3.12. The van der Waals surface area contributed by atoms with Gasteiger partial charge in [0, 0.05) is 19.0 Å². The second-order valence-electron chi connectivity index (χ2n) is 4.67. The highest BCUT2D eigenvalue weighted by atomic mass is 16.4. The van der Waals surface area contributed by atoms with Crippen molar-refractivity contribution in [2.45, 2.75) is 19.4 Å². The molecule has 1 fully saturated rings. The quantitative estimate of drug-likeness (QED) is 0.726. The molecule has 0 saturated carbocycles. The monoisotopic (exact) mass is 251 g/mol. The summed E-state index contributed by atoms with van der Waals surface area (Å²) in [4.78, 5) is 17.1. The van der Waals surface area contributed by atoms with Crippen LogP contribution in [0.5, 0.6) is 0 Å². The topological polar surface area (TPSA) is 99.7 Å². The minimum Gasteiger partial charge on any atom is -0.478 e. The number of aromatic carboxylic acids is 1. The normalized spacial score (nSPS) is 21.0. The molecule has 18 heavy (non-hydrogen) atoms. The molecule has 1 aromatic heterocycles. The molecule has 0 radical (unpaired) electrons. The van der Waals surface area contributed by atoms with E-state index in [1.165, 1.54) is 12.3 Å². The number of aliphatic hydroxyl groups is 1. The van der Waals surface area contributed by atoms with Crippen molar-refractivity contribution in [1.29, 1.82) is 0 Å². The van der Waals surface area contributed by atoms with Gasteiger partial charge in [0.15, 0.2) is 0 Å². The van der Waals surface area contributed by atoms with Crippen molar-refractivity contribution in [3.8, 4) is 0 Å². The van der Waals surface area contributed by atoms with Crippen LogP contribution < -0.4 is 10.6 Å². The van der Waals surface area contributed by atoms with Crippen LogP contribution >= 0.6 is 0 Å². The van der Waals surface area contributed by atoms with Gasteiger partial charge in [-0.25, -0.2) is 9.78 Å². The summed E-state index contributed by atoms with van der Waals surface area (Å²) < 4.78 is 0. The van der Waals surface area contributed by atoms with Crippen molar-refractivity contribution in [1.82, 2.24) is 4.98 Å². The van der Waals surface area contributed by atoms with E-state index in [0.717, 1.165) is 13.0 Å². The largest absolute Gasteiger partial charge is 0.478 e. The maximum absolute atomic E-state index is 11.2. The molecular weight excluding hydrogens is 234 g/mol. The fourth-order valence-electron chi connectivity index (χ4n) is 2.29. The van der Waals surface area contributed by atoms with Gasteiger partial charge >= 0.3 is 5.97 Å². The molecule has 2 heterocycles. The molecule has 0 aromatic carbocycles. The summed E-state index contributed by atoms with van der Waals surface area (Å²) in [5.74, 6) is -0.647. The summed E-state index contributed by atoms with van der Waals surface area (Å²) in [7, 11) is 0. The number of carbonyl (C=O) groups is 1. The minimum atomic E-state index is -1.01. The van der Waals surface area contributed by atoms with Gasteiger partial charge in [0.1, 0.15) is 5.82 Å². The number of rotatable bonds is 3. The minimum absolute atomic E-state index is 0.161. The Morgan fingerprint density at radius 2 is 2.39 bits per heavy atom. The lowest BCUT2D eigenvalue weighted by Crippen LogP contribution is -2.25. The van der Waals surface area contributed by atoms with E-state index in [4.69, 9.17) is 10.8 Å². The van der Waals surface area contributed by atoms with Gasteiger partial charge in [-0.15, -0.1) is 0 Å². The van der Waals surface area contributed by atoms with Crippen LogP contribution in [0.1, 0.15) is 23.7 Å². The molecular formula is C12H17N3O3. The number of anilines is 2. The van der Waals surface area contributed by atoms with Gasteiger partial charge in [-0.1, -0.05) is 0 Å². The number of carboxylic acids is 1. The molecule has 0 amide bonds. The molecule has 2 atom stereocenters. The molecule has 2 rings (SSSR count). The lowest BCUT2D eigenvalue weighted by molar-refractivity contribution is 0.0697. The van der Waals surface area contributed by atoms with Gasteiger partial charge in [-0.3, -0.25) is 0 Å². The second kappa shape index (κ2) is 4.81. The Labute approximate surface area is 105 Å². The van der Waals surface area contributed by atoms with Crippen LogP contribution in [0.3, 0.4) is 0 Å². The number of nitrogen functional groups attached to an aromatic ring is 1. The predicted molar refractivity (Wildman–Crippen MR) is 67.6 cm³/mol. The summed E-state index contributed by atoms with van der Waals surface area (Å²) >= 11 is 0. The zero-order valence-electron chi connectivity index (χ0n) is 10.2. The number of nitrogens with two attached hydrogens (primary N) is 1. The number of hydrogen-bond donors (Lipinski definition) is 3. The SMILES string of the molecule is CC(O)C1CCN(c2cnc(N)cc2C(=O)O)C1. The van der Waals surface area contributed by atoms with Crippen molar-refractivity contribution in [3.63, 3.8) is 0 Å². The average Bonchev–Trinajstić information content (AvgIpc) is 2.78. The molecule has 0 aliphatic carbocycles. The second-order valence-corrected chi connectivity index (χ2v) is 4.67. The van der Waals surface area contributed by atoms with E-state index in [-0.39, 0.29) is 23.4 Å². The van der Waals surface area contributed by atoms with E-state index in [0.29, 0.717) is 12.2 Å². The highest BCUT2D eigenvalue weighted by Crippen LogP contribution is 2.28. The Balaban J connectivity index is 2.27. The lowest BCUT2D eigenvalue weighted by Gasteiger charge is -2.21. The first kappa shape index (κ1) is 12.6. The number of pyridine rings is 1. The van der Waals surface area contributed by atoms with Gasteiger partial charge in [-0.05, 0) is 19.4 Å². The molecule has 6 nitrogen and oxygen atoms in total. The maximum atomic E-state index is 11.2. The smallest absolute Gasteiger partial charge is 0.338 e. The Hall–Kier alpha value is -1.82. The molecule has 0 bridgehead atoms. The molecule has 4 N–H and O–H groups in total. The third-order valence-corrected chi connectivity index (χ3v) is 3.38. The third kappa shape index (κ3) is 2.38. The Morgan fingerprint density at radius 3 is 2.94 bits per heavy atom. The molecule has 98 valence electrons. The Kier molecular flexibility index (Phi) is 3.38. The van der Waals surface area contributed by atoms with E-state index in [1.54, 1.807) is 6.92 Å². The van der Waals surface area contributed by atoms with Crippen molar-refractivity contribution in [2.24, 2.45) is 5.92 Å². The van der Waals surface area contributed by atoms with Crippen LogP contribution in [-0.4, -0.2) is 40.4 Å². The molecule has 2 unspecified atom stereocenters. The molecule has 1 aliphatic rings. The molecule has 6 heteroatoms. The number of nitrogens with zero attached hydrogens (tertiary/aromatic N) is 2. The lowest BCUT2D eigenvalue weighted by atomic mass is 10.0. The van der Waals surface area contributed by atoms with Gasteiger partial charge in [-0.2, -0.15) is 0 Å². The first-order valence-electron chi connectivity index (χ1n) is 5.91. The van der Waals surface area contributed by atoms with Crippen LogP contribution in [0.4, 0.5) is 11.5 Å². The molecule has 0 spiro atoms. The van der Waals surface area contributed by atoms with E-state index in [2.05, 4.69) is 4.98 Å². The van der Waals surface area contributed by atoms with Gasteiger partial charge in [0.25, 0.3) is 0 Å². The van der Waals surface area contributed by atoms with E-state index in [1.807, 2.05) is 4.90 Å². The number of aromatic nitrogens is 1. The summed E-state index contributed by atoms with van der Waals surface area (Å²) in [5.41, 5.74) is 6.24. The maximum Gasteiger partial charge on any atom is 0.338 e. The molecule has 1 aromatic rings. The zero-order chi connectivity index (χ0) is 13.3. The van der Waals surface area contributed by atoms with E-state index >= 15 is 0 Å². The number of aliphatic hydroxyl groups excluding tert-OH is 1. The van der Waals surface area contributed by atoms with Crippen molar-refractivity contribution in [3.05, 3.63) is 17.8 Å². The number of carboxylic acid groups (broad SMARTS) is 1. The summed E-state index contributed by atoms with van der Waals surface area (Å²) in [6.07, 6.45) is 1.95. The van der Waals surface area contributed by atoms with Crippen LogP contribution in [0, 0.1) is 5.92 Å². The highest BCUT2D eigenvalue weighted by molar-refractivity contribution is 5.95. The first-order valence-corrected chi connectivity index (χ1v) is 5.91. The van der Waals surface area contributed by atoms with Crippen molar-refractivity contribution in [2.75, 3.05) is 23.7 Å². The molecule has 1 aliphatic heterocycles. The van der Waals surface area contributed by atoms with Crippen LogP contribution in [0.15, 0.2) is 12.3 Å². The van der Waals surface area contributed by atoms with E-state index < -0.39 is 5.97 Å².